The molecule has 3 nitrogen and oxygen atoms in total. The number of carbonyl (C=O) groups excluding carboxylic acids is 1. The van der Waals surface area contributed by atoms with Crippen molar-refractivity contribution in [1.29, 1.82) is 0 Å². The van der Waals surface area contributed by atoms with Crippen molar-refractivity contribution in [1.82, 2.24) is 4.98 Å². The molecule has 0 unspecified atom stereocenters. The van der Waals surface area contributed by atoms with Gasteiger partial charge in [-0.05, 0) is 31.2 Å². The SMILES string of the molecule is CCOc1cccc(-c2ccc(C=O)cn2)c1F. The second kappa shape index (κ2) is 5.40. The van der Waals surface area contributed by atoms with Crippen LogP contribution in [0.4, 0.5) is 4.39 Å². The minimum atomic E-state index is -0.439. The maximum absolute atomic E-state index is 14.1. The fraction of sp³-hybridized carbons (Fsp3) is 0.143. The molecule has 2 aromatic rings. The lowest BCUT2D eigenvalue weighted by Gasteiger charge is -2.08. The first kappa shape index (κ1) is 12.2. The maximum Gasteiger partial charge on any atom is 0.174 e. The lowest BCUT2D eigenvalue weighted by atomic mass is 10.1. The Morgan fingerprint density at radius 2 is 2.17 bits per heavy atom. The molecule has 4 heteroatoms. The summed E-state index contributed by atoms with van der Waals surface area (Å²) < 4.78 is 19.3. The van der Waals surface area contributed by atoms with Gasteiger partial charge in [-0.3, -0.25) is 9.78 Å². The van der Waals surface area contributed by atoms with Crippen molar-refractivity contribution in [2.24, 2.45) is 0 Å². The van der Waals surface area contributed by atoms with Crippen LogP contribution in [-0.4, -0.2) is 17.9 Å². The zero-order valence-electron chi connectivity index (χ0n) is 9.89. The Morgan fingerprint density at radius 3 is 2.78 bits per heavy atom. The van der Waals surface area contributed by atoms with Gasteiger partial charge in [0.1, 0.15) is 0 Å². The summed E-state index contributed by atoms with van der Waals surface area (Å²) >= 11 is 0. The van der Waals surface area contributed by atoms with E-state index >= 15 is 0 Å². The van der Waals surface area contributed by atoms with Crippen LogP contribution in [0, 0.1) is 5.82 Å². The quantitative estimate of drug-likeness (QED) is 0.777. The highest BCUT2D eigenvalue weighted by Crippen LogP contribution is 2.27. The van der Waals surface area contributed by atoms with Gasteiger partial charge in [0.25, 0.3) is 0 Å². The molecule has 0 aliphatic rings. The number of carbonyl (C=O) groups is 1. The third-order valence-corrected chi connectivity index (χ3v) is 2.46. The Hall–Kier alpha value is -2.23. The topological polar surface area (TPSA) is 39.2 Å². The summed E-state index contributed by atoms with van der Waals surface area (Å²) in [7, 11) is 0. The molecule has 0 spiro atoms. The second-order valence-electron chi connectivity index (χ2n) is 3.65. The number of benzene rings is 1. The lowest BCUT2D eigenvalue weighted by Crippen LogP contribution is -1.97. The largest absolute Gasteiger partial charge is 0.491 e. The zero-order valence-corrected chi connectivity index (χ0v) is 9.89. The molecular formula is C14H12FNO2. The summed E-state index contributed by atoms with van der Waals surface area (Å²) in [5.41, 5.74) is 1.29. The molecule has 0 saturated heterocycles. The highest BCUT2D eigenvalue weighted by atomic mass is 19.1. The van der Waals surface area contributed by atoms with Gasteiger partial charge in [-0.1, -0.05) is 6.07 Å². The van der Waals surface area contributed by atoms with E-state index < -0.39 is 5.82 Å². The number of aldehydes is 1. The fourth-order valence-electron chi connectivity index (χ4n) is 1.61. The molecule has 0 amide bonds. The van der Waals surface area contributed by atoms with E-state index in [0.29, 0.717) is 29.7 Å². The Kier molecular flexibility index (Phi) is 3.67. The fourth-order valence-corrected chi connectivity index (χ4v) is 1.61. The van der Waals surface area contributed by atoms with Crippen LogP contribution in [0.15, 0.2) is 36.5 Å². The van der Waals surface area contributed by atoms with Gasteiger partial charge < -0.3 is 4.74 Å². The normalized spacial score (nSPS) is 10.1. The van der Waals surface area contributed by atoms with Crippen molar-refractivity contribution in [2.45, 2.75) is 6.92 Å². The van der Waals surface area contributed by atoms with Crippen molar-refractivity contribution < 1.29 is 13.9 Å². The second-order valence-corrected chi connectivity index (χ2v) is 3.65. The molecule has 0 aliphatic carbocycles. The Morgan fingerprint density at radius 1 is 1.33 bits per heavy atom. The first-order chi connectivity index (χ1) is 8.76. The van der Waals surface area contributed by atoms with Crippen LogP contribution in [0.5, 0.6) is 5.75 Å². The molecule has 0 fully saturated rings. The molecule has 1 heterocycles. The van der Waals surface area contributed by atoms with Crippen molar-refractivity contribution in [3.63, 3.8) is 0 Å². The van der Waals surface area contributed by atoms with E-state index in [2.05, 4.69) is 4.98 Å². The van der Waals surface area contributed by atoms with E-state index in [-0.39, 0.29) is 5.75 Å². The molecular weight excluding hydrogens is 233 g/mol. The van der Waals surface area contributed by atoms with Gasteiger partial charge in [-0.15, -0.1) is 0 Å². The molecule has 0 aliphatic heterocycles. The Labute approximate surface area is 104 Å². The van der Waals surface area contributed by atoms with E-state index in [0.717, 1.165) is 0 Å². The van der Waals surface area contributed by atoms with Gasteiger partial charge in [-0.2, -0.15) is 0 Å². The summed E-state index contributed by atoms with van der Waals surface area (Å²) in [6, 6.07) is 8.11. The summed E-state index contributed by atoms with van der Waals surface area (Å²) in [4.78, 5) is 14.6. The van der Waals surface area contributed by atoms with Gasteiger partial charge >= 0.3 is 0 Å². The van der Waals surface area contributed by atoms with Gasteiger partial charge in [0, 0.05) is 17.3 Å². The van der Waals surface area contributed by atoms with Crippen LogP contribution in [-0.2, 0) is 0 Å². The number of hydrogen-bond acceptors (Lipinski definition) is 3. The van der Waals surface area contributed by atoms with Crippen LogP contribution < -0.4 is 4.74 Å². The average molecular weight is 245 g/mol. The van der Waals surface area contributed by atoms with Crippen LogP contribution in [0.1, 0.15) is 17.3 Å². The molecule has 0 radical (unpaired) electrons. The van der Waals surface area contributed by atoms with Crippen molar-refractivity contribution in [3.8, 4) is 17.0 Å². The van der Waals surface area contributed by atoms with Crippen molar-refractivity contribution in [3.05, 3.63) is 47.9 Å². The van der Waals surface area contributed by atoms with Crippen LogP contribution in [0.25, 0.3) is 11.3 Å². The number of aromatic nitrogens is 1. The minimum Gasteiger partial charge on any atom is -0.491 e. The van der Waals surface area contributed by atoms with Gasteiger partial charge in [0.2, 0.25) is 0 Å². The van der Waals surface area contributed by atoms with E-state index in [1.165, 1.54) is 6.20 Å². The summed E-state index contributed by atoms with van der Waals surface area (Å²) in [6.07, 6.45) is 2.11. The number of rotatable bonds is 4. The first-order valence-corrected chi connectivity index (χ1v) is 5.59. The average Bonchev–Trinajstić information content (AvgIpc) is 2.42. The molecule has 1 aromatic carbocycles. The third kappa shape index (κ3) is 2.37. The summed E-state index contributed by atoms with van der Waals surface area (Å²) in [6.45, 7) is 2.20. The van der Waals surface area contributed by atoms with Crippen molar-refractivity contribution >= 4 is 6.29 Å². The molecule has 92 valence electrons. The van der Waals surface area contributed by atoms with Crippen molar-refractivity contribution in [2.75, 3.05) is 6.61 Å². The smallest absolute Gasteiger partial charge is 0.174 e. The molecule has 0 bridgehead atoms. The van der Waals surface area contributed by atoms with Gasteiger partial charge in [-0.25, -0.2) is 4.39 Å². The molecule has 18 heavy (non-hydrogen) atoms. The molecule has 1 aromatic heterocycles. The van der Waals surface area contributed by atoms with E-state index in [4.69, 9.17) is 4.74 Å². The van der Waals surface area contributed by atoms with Crippen LogP contribution in [0.2, 0.25) is 0 Å². The number of halogens is 1. The molecule has 0 N–H and O–H groups in total. The first-order valence-electron chi connectivity index (χ1n) is 5.59. The van der Waals surface area contributed by atoms with Gasteiger partial charge in [0.05, 0.1) is 12.3 Å². The van der Waals surface area contributed by atoms with Crippen LogP contribution >= 0.6 is 0 Å². The third-order valence-electron chi connectivity index (χ3n) is 2.46. The highest BCUT2D eigenvalue weighted by Gasteiger charge is 2.11. The predicted molar refractivity (Wildman–Crippen MR) is 66.2 cm³/mol. The predicted octanol–water partition coefficient (Wildman–Crippen LogP) is 3.10. The molecule has 0 atom stereocenters. The molecule has 2 rings (SSSR count). The van der Waals surface area contributed by atoms with E-state index in [1.807, 2.05) is 0 Å². The lowest BCUT2D eigenvalue weighted by molar-refractivity contribution is 0.112. The Bertz CT molecular complexity index is 552. The standard InChI is InChI=1S/C14H12FNO2/c1-2-18-13-5-3-4-11(14(13)15)12-7-6-10(9-17)8-16-12/h3-9H,2H2,1H3. The number of nitrogens with zero attached hydrogens (tertiary/aromatic N) is 1. The number of hydrogen-bond donors (Lipinski definition) is 0. The monoisotopic (exact) mass is 245 g/mol. The maximum atomic E-state index is 14.1. The highest BCUT2D eigenvalue weighted by molar-refractivity contribution is 5.75. The zero-order chi connectivity index (χ0) is 13.0. The summed E-state index contributed by atoms with van der Waals surface area (Å²) in [5.74, 6) is -0.234. The number of ether oxygens (including phenoxy) is 1. The minimum absolute atomic E-state index is 0.205. The van der Waals surface area contributed by atoms with Gasteiger partial charge in [0.15, 0.2) is 17.9 Å². The summed E-state index contributed by atoms with van der Waals surface area (Å²) in [5, 5.41) is 0. The van der Waals surface area contributed by atoms with E-state index in [1.54, 1.807) is 37.3 Å². The molecule has 0 saturated carbocycles. The van der Waals surface area contributed by atoms with Crippen LogP contribution in [0.3, 0.4) is 0 Å². The van der Waals surface area contributed by atoms with E-state index in [9.17, 15) is 9.18 Å². The Balaban J connectivity index is 2.43. The number of pyridine rings is 1.